The Morgan fingerprint density at radius 2 is 1.77 bits per heavy atom. The number of benzene rings is 1. The fraction of sp³-hybridized carbons (Fsp3) is 0.500. The van der Waals surface area contributed by atoms with E-state index in [2.05, 4.69) is 63.6 Å². The zero-order valence-electron chi connectivity index (χ0n) is 18.2. The molecule has 0 spiro atoms. The number of rotatable bonds is 12. The zero-order chi connectivity index (χ0) is 22.1. The van der Waals surface area contributed by atoms with Gasteiger partial charge in [-0.2, -0.15) is 0 Å². The van der Waals surface area contributed by atoms with E-state index in [9.17, 15) is 4.79 Å². The molecule has 1 aromatic carbocycles. The zero-order valence-corrected chi connectivity index (χ0v) is 19.8. The Kier molecular flexibility index (Phi) is 9.02. The molecule has 0 atom stereocenters. The topological polar surface area (TPSA) is 78.0 Å². The quantitative estimate of drug-likeness (QED) is 0.278. The first-order valence-electron chi connectivity index (χ1n) is 10.9. The number of hydrogen-bond acceptors (Lipinski definition) is 7. The van der Waals surface area contributed by atoms with Crippen molar-refractivity contribution in [2.24, 2.45) is 0 Å². The fourth-order valence-electron chi connectivity index (χ4n) is 3.44. The van der Waals surface area contributed by atoms with Crippen molar-refractivity contribution in [3.63, 3.8) is 0 Å². The number of aromatic amines is 1. The van der Waals surface area contributed by atoms with Crippen molar-refractivity contribution in [3.05, 3.63) is 40.6 Å². The average Bonchev–Trinajstić information content (AvgIpc) is 3.38. The Labute approximate surface area is 193 Å². The standard InChI is InChI=1S/C22H30N6OS2/c1-3-5-7-13-27(14-8-6-4-2)18-11-9-17(10-12-18)15-19-21(29)28(22(30)31-19)16-20-23-25-26-24-20/h9-12,15H,3-8,13-14,16H2,1-2H3,(H,23,24,25,26)/b19-15-. The van der Waals surface area contributed by atoms with Crippen LogP contribution in [-0.2, 0) is 11.3 Å². The van der Waals surface area contributed by atoms with Gasteiger partial charge < -0.3 is 4.90 Å². The first-order valence-corrected chi connectivity index (χ1v) is 12.2. The maximum atomic E-state index is 12.8. The van der Waals surface area contributed by atoms with Crippen molar-refractivity contribution in [1.29, 1.82) is 0 Å². The molecule has 166 valence electrons. The number of anilines is 1. The van der Waals surface area contributed by atoms with Gasteiger partial charge in [0.1, 0.15) is 4.32 Å². The van der Waals surface area contributed by atoms with Crippen molar-refractivity contribution < 1.29 is 4.79 Å². The third-order valence-electron chi connectivity index (χ3n) is 5.19. The lowest BCUT2D eigenvalue weighted by molar-refractivity contribution is -0.122. The number of thioether (sulfide) groups is 1. The van der Waals surface area contributed by atoms with Crippen LogP contribution in [0.1, 0.15) is 63.8 Å². The minimum atomic E-state index is -0.115. The summed E-state index contributed by atoms with van der Waals surface area (Å²) in [4.78, 5) is 17.4. The lowest BCUT2D eigenvalue weighted by Crippen LogP contribution is -2.27. The SMILES string of the molecule is CCCCCN(CCCCC)c1ccc(/C=C2\SC(=S)N(Cc3nnn[nH]3)C2=O)cc1. The summed E-state index contributed by atoms with van der Waals surface area (Å²) in [5, 5.41) is 13.6. The molecule has 0 aliphatic carbocycles. The number of carbonyl (C=O) groups is 1. The number of aromatic nitrogens is 4. The molecule has 0 unspecified atom stereocenters. The van der Waals surface area contributed by atoms with E-state index in [1.54, 1.807) is 0 Å². The van der Waals surface area contributed by atoms with Crippen molar-refractivity contribution >= 4 is 46.0 Å². The summed E-state index contributed by atoms with van der Waals surface area (Å²) >= 11 is 6.69. The number of nitrogens with zero attached hydrogens (tertiary/aromatic N) is 5. The van der Waals surface area contributed by atoms with E-state index in [1.807, 2.05) is 6.08 Å². The van der Waals surface area contributed by atoms with E-state index in [1.165, 1.54) is 60.9 Å². The molecule has 3 rings (SSSR count). The second kappa shape index (κ2) is 12.0. The summed E-state index contributed by atoms with van der Waals surface area (Å²) in [5.41, 5.74) is 2.24. The van der Waals surface area contributed by atoms with E-state index in [0.29, 0.717) is 15.1 Å². The Balaban J connectivity index is 1.67. The van der Waals surface area contributed by atoms with Crippen LogP contribution >= 0.6 is 24.0 Å². The summed E-state index contributed by atoms with van der Waals surface area (Å²) in [6, 6.07) is 8.47. The largest absolute Gasteiger partial charge is 0.372 e. The Morgan fingerprint density at radius 1 is 1.10 bits per heavy atom. The lowest BCUT2D eigenvalue weighted by atomic mass is 10.1. The van der Waals surface area contributed by atoms with Gasteiger partial charge in [-0.15, -0.1) is 5.10 Å². The maximum absolute atomic E-state index is 12.8. The molecule has 1 amide bonds. The molecule has 0 saturated carbocycles. The molecule has 0 bridgehead atoms. The summed E-state index contributed by atoms with van der Waals surface area (Å²) in [6.45, 7) is 6.90. The molecule has 7 nitrogen and oxygen atoms in total. The highest BCUT2D eigenvalue weighted by atomic mass is 32.2. The molecule has 0 radical (unpaired) electrons. The number of H-pyrrole nitrogens is 1. The second-order valence-corrected chi connectivity index (χ2v) is 9.28. The first kappa shape index (κ1) is 23.4. The van der Waals surface area contributed by atoms with Gasteiger partial charge in [-0.1, -0.05) is 75.6 Å². The van der Waals surface area contributed by atoms with Crippen LogP contribution in [0.25, 0.3) is 6.08 Å². The summed E-state index contributed by atoms with van der Waals surface area (Å²) in [6.07, 6.45) is 9.31. The van der Waals surface area contributed by atoms with Crippen LogP contribution in [0.5, 0.6) is 0 Å². The Morgan fingerprint density at radius 3 is 2.35 bits per heavy atom. The third-order valence-corrected chi connectivity index (χ3v) is 6.57. The number of tetrazole rings is 1. The molecule has 2 heterocycles. The first-order chi connectivity index (χ1) is 15.1. The van der Waals surface area contributed by atoms with Crippen LogP contribution in [-0.4, -0.2) is 48.8 Å². The van der Waals surface area contributed by atoms with Crippen LogP contribution in [0.4, 0.5) is 5.69 Å². The molecule has 31 heavy (non-hydrogen) atoms. The molecule has 1 aromatic heterocycles. The number of carbonyl (C=O) groups excluding carboxylic acids is 1. The summed E-state index contributed by atoms with van der Waals surface area (Å²) < 4.78 is 0.516. The number of amides is 1. The summed E-state index contributed by atoms with van der Waals surface area (Å²) in [5.74, 6) is 0.393. The van der Waals surface area contributed by atoms with Crippen LogP contribution in [0.2, 0.25) is 0 Å². The van der Waals surface area contributed by atoms with Crippen molar-refractivity contribution in [2.45, 2.75) is 58.9 Å². The average molecular weight is 459 g/mol. The van der Waals surface area contributed by atoms with Gasteiger partial charge in [0.2, 0.25) is 0 Å². The van der Waals surface area contributed by atoms with Crippen molar-refractivity contribution in [2.75, 3.05) is 18.0 Å². The van der Waals surface area contributed by atoms with Gasteiger partial charge in [0.25, 0.3) is 5.91 Å². The number of hydrogen-bond donors (Lipinski definition) is 1. The Bertz CT molecular complexity index is 872. The molecule has 1 aliphatic heterocycles. The van der Waals surface area contributed by atoms with Crippen LogP contribution in [0.15, 0.2) is 29.2 Å². The molecule has 2 aromatic rings. The van der Waals surface area contributed by atoms with Gasteiger partial charge in [0, 0.05) is 18.8 Å². The van der Waals surface area contributed by atoms with Gasteiger partial charge in [0.05, 0.1) is 11.4 Å². The fourth-order valence-corrected chi connectivity index (χ4v) is 4.69. The number of thiocarbonyl (C=S) groups is 1. The molecule has 1 N–H and O–H groups in total. The van der Waals surface area contributed by atoms with Gasteiger partial charge in [0.15, 0.2) is 5.82 Å². The second-order valence-electron chi connectivity index (χ2n) is 7.61. The Hall–Kier alpha value is -2.26. The maximum Gasteiger partial charge on any atom is 0.266 e. The highest BCUT2D eigenvalue weighted by Gasteiger charge is 2.32. The molecular formula is C22H30N6OS2. The van der Waals surface area contributed by atoms with Gasteiger partial charge in [-0.25, -0.2) is 5.10 Å². The van der Waals surface area contributed by atoms with Gasteiger partial charge in [-0.05, 0) is 47.0 Å². The van der Waals surface area contributed by atoms with Crippen LogP contribution in [0.3, 0.4) is 0 Å². The van der Waals surface area contributed by atoms with E-state index in [4.69, 9.17) is 12.2 Å². The van der Waals surface area contributed by atoms with E-state index in [-0.39, 0.29) is 12.5 Å². The minimum absolute atomic E-state index is 0.115. The molecule has 1 fully saturated rings. The third kappa shape index (κ3) is 6.61. The molecule has 9 heteroatoms. The van der Waals surface area contributed by atoms with Crippen LogP contribution < -0.4 is 4.90 Å². The summed E-state index contributed by atoms with van der Waals surface area (Å²) in [7, 11) is 0. The van der Waals surface area contributed by atoms with Crippen LogP contribution in [0, 0.1) is 0 Å². The minimum Gasteiger partial charge on any atom is -0.372 e. The van der Waals surface area contributed by atoms with E-state index < -0.39 is 0 Å². The number of nitrogens with one attached hydrogen (secondary N) is 1. The predicted molar refractivity (Wildman–Crippen MR) is 131 cm³/mol. The van der Waals surface area contributed by atoms with Gasteiger partial charge >= 0.3 is 0 Å². The monoisotopic (exact) mass is 458 g/mol. The van der Waals surface area contributed by atoms with Gasteiger partial charge in [-0.3, -0.25) is 9.69 Å². The molecule has 1 aliphatic rings. The normalized spacial score (nSPS) is 15.3. The van der Waals surface area contributed by atoms with E-state index in [0.717, 1.165) is 18.7 Å². The predicted octanol–water partition coefficient (Wildman–Crippen LogP) is 4.79. The van der Waals surface area contributed by atoms with E-state index >= 15 is 0 Å². The number of unbranched alkanes of at least 4 members (excludes halogenated alkanes) is 4. The molecular weight excluding hydrogens is 428 g/mol. The van der Waals surface area contributed by atoms with Crippen molar-refractivity contribution in [3.8, 4) is 0 Å². The molecule has 1 saturated heterocycles. The highest BCUT2D eigenvalue weighted by molar-refractivity contribution is 8.26. The lowest BCUT2D eigenvalue weighted by Gasteiger charge is -2.25. The highest BCUT2D eigenvalue weighted by Crippen LogP contribution is 2.33. The smallest absolute Gasteiger partial charge is 0.266 e. The van der Waals surface area contributed by atoms with Crippen molar-refractivity contribution in [1.82, 2.24) is 25.5 Å².